The van der Waals surface area contributed by atoms with E-state index in [-0.39, 0.29) is 37.1 Å². The lowest BCUT2D eigenvalue weighted by Gasteiger charge is -2.15. The quantitative estimate of drug-likeness (QED) is 0.850. The monoisotopic (exact) mass is 340 g/mol. The lowest BCUT2D eigenvalue weighted by atomic mass is 10.3. The number of imide groups is 1. The van der Waals surface area contributed by atoms with Crippen molar-refractivity contribution >= 4 is 35.2 Å². The number of hydrogen-bond donors (Lipinski definition) is 1. The molecule has 2 aromatic rings. The summed E-state index contributed by atoms with van der Waals surface area (Å²) in [7, 11) is 0. The Morgan fingerprint density at radius 2 is 1.58 bits per heavy atom. The summed E-state index contributed by atoms with van der Waals surface area (Å²) in [6, 6.07) is 17.3. The lowest BCUT2D eigenvalue weighted by Crippen LogP contribution is -2.36. The number of nitrogens with zero attached hydrogens (tertiary/aromatic N) is 1. The number of anilines is 1. The second-order valence-electron chi connectivity index (χ2n) is 5.33. The van der Waals surface area contributed by atoms with Gasteiger partial charge in [0.25, 0.3) is 0 Å². The largest absolute Gasteiger partial charge is 0.323 e. The SMILES string of the molecule is O=C(CN1C(=O)CCC1=O)Nc1ccccc1Sc1ccccc1. The molecule has 0 saturated carbocycles. The summed E-state index contributed by atoms with van der Waals surface area (Å²) in [6.45, 7) is -0.234. The Hall–Kier alpha value is -2.60. The third-order valence-electron chi connectivity index (χ3n) is 3.59. The maximum atomic E-state index is 12.2. The van der Waals surface area contributed by atoms with Crippen LogP contribution < -0.4 is 5.32 Å². The predicted molar refractivity (Wildman–Crippen MR) is 91.6 cm³/mol. The van der Waals surface area contributed by atoms with Crippen molar-refractivity contribution in [2.75, 3.05) is 11.9 Å². The van der Waals surface area contributed by atoms with E-state index < -0.39 is 0 Å². The van der Waals surface area contributed by atoms with E-state index in [0.717, 1.165) is 14.7 Å². The molecule has 122 valence electrons. The lowest BCUT2D eigenvalue weighted by molar-refractivity contribution is -0.141. The summed E-state index contributed by atoms with van der Waals surface area (Å²) < 4.78 is 0. The molecule has 3 rings (SSSR count). The Morgan fingerprint density at radius 3 is 2.29 bits per heavy atom. The highest BCUT2D eigenvalue weighted by Gasteiger charge is 2.30. The number of likely N-dealkylation sites (tertiary alicyclic amines) is 1. The fourth-order valence-corrected chi connectivity index (χ4v) is 3.33. The molecular weight excluding hydrogens is 324 g/mol. The minimum atomic E-state index is -0.375. The highest BCUT2D eigenvalue weighted by atomic mass is 32.2. The van der Waals surface area contributed by atoms with Gasteiger partial charge in [-0.2, -0.15) is 0 Å². The Labute approximate surface area is 144 Å². The molecule has 1 aliphatic rings. The van der Waals surface area contributed by atoms with Gasteiger partial charge in [0.05, 0.1) is 5.69 Å². The number of nitrogens with one attached hydrogen (secondary N) is 1. The Bertz CT molecular complexity index is 761. The normalized spacial score (nSPS) is 14.1. The maximum absolute atomic E-state index is 12.2. The standard InChI is InChI=1S/C18H16N2O3S/c21-16(12-20-17(22)10-11-18(20)23)19-14-8-4-5-9-15(14)24-13-6-2-1-3-7-13/h1-9H,10-12H2,(H,19,21). The molecule has 24 heavy (non-hydrogen) atoms. The number of benzene rings is 2. The van der Waals surface area contributed by atoms with Crippen LogP contribution in [0.25, 0.3) is 0 Å². The van der Waals surface area contributed by atoms with Crippen LogP contribution in [0.4, 0.5) is 5.69 Å². The van der Waals surface area contributed by atoms with E-state index in [9.17, 15) is 14.4 Å². The van der Waals surface area contributed by atoms with Gasteiger partial charge < -0.3 is 5.32 Å². The van der Waals surface area contributed by atoms with Gasteiger partial charge >= 0.3 is 0 Å². The van der Waals surface area contributed by atoms with Crippen molar-refractivity contribution in [2.45, 2.75) is 22.6 Å². The van der Waals surface area contributed by atoms with Crippen LogP contribution >= 0.6 is 11.8 Å². The summed E-state index contributed by atoms with van der Waals surface area (Å²) in [5, 5.41) is 2.79. The first kappa shape index (κ1) is 16.3. The van der Waals surface area contributed by atoms with Crippen LogP contribution in [0.15, 0.2) is 64.4 Å². The van der Waals surface area contributed by atoms with Gasteiger partial charge in [-0.1, -0.05) is 42.1 Å². The average molecular weight is 340 g/mol. The first-order chi connectivity index (χ1) is 11.6. The van der Waals surface area contributed by atoms with Gasteiger partial charge in [-0.05, 0) is 24.3 Å². The number of carbonyl (C=O) groups is 3. The second-order valence-corrected chi connectivity index (χ2v) is 6.45. The number of rotatable bonds is 5. The van der Waals surface area contributed by atoms with Gasteiger partial charge in [0.1, 0.15) is 6.54 Å². The first-order valence-corrected chi connectivity index (χ1v) is 8.40. The van der Waals surface area contributed by atoms with Crippen molar-refractivity contribution < 1.29 is 14.4 Å². The van der Waals surface area contributed by atoms with Crippen LogP contribution in [0.5, 0.6) is 0 Å². The van der Waals surface area contributed by atoms with Gasteiger partial charge in [-0.3, -0.25) is 19.3 Å². The highest BCUT2D eigenvalue weighted by molar-refractivity contribution is 7.99. The van der Waals surface area contributed by atoms with E-state index in [4.69, 9.17) is 0 Å². The van der Waals surface area contributed by atoms with Crippen LogP contribution in [0.2, 0.25) is 0 Å². The Balaban J connectivity index is 1.70. The zero-order valence-electron chi connectivity index (χ0n) is 12.9. The summed E-state index contributed by atoms with van der Waals surface area (Å²) in [5.41, 5.74) is 0.662. The first-order valence-electron chi connectivity index (χ1n) is 7.58. The fourth-order valence-electron chi connectivity index (χ4n) is 2.41. The summed E-state index contributed by atoms with van der Waals surface area (Å²) in [4.78, 5) is 38.4. The summed E-state index contributed by atoms with van der Waals surface area (Å²) in [6.07, 6.45) is 0.374. The van der Waals surface area contributed by atoms with E-state index in [1.54, 1.807) is 6.07 Å². The molecule has 1 saturated heterocycles. The van der Waals surface area contributed by atoms with Crippen LogP contribution in [-0.2, 0) is 14.4 Å². The third-order valence-corrected chi connectivity index (χ3v) is 4.67. The highest BCUT2D eigenvalue weighted by Crippen LogP contribution is 2.33. The van der Waals surface area contributed by atoms with Crippen LogP contribution in [0.3, 0.4) is 0 Å². The Kier molecular flexibility index (Phi) is 4.96. The van der Waals surface area contributed by atoms with Crippen LogP contribution in [0.1, 0.15) is 12.8 Å². The molecule has 0 unspecified atom stereocenters. The van der Waals surface area contributed by atoms with Gasteiger partial charge in [-0.25, -0.2) is 0 Å². The molecule has 0 aliphatic carbocycles. The minimum Gasteiger partial charge on any atom is -0.323 e. The molecule has 0 aromatic heterocycles. The molecule has 0 radical (unpaired) electrons. The molecule has 0 atom stereocenters. The van der Waals surface area contributed by atoms with Crippen molar-refractivity contribution in [3.8, 4) is 0 Å². The molecular formula is C18H16N2O3S. The van der Waals surface area contributed by atoms with Gasteiger partial charge in [0.15, 0.2) is 0 Å². The second kappa shape index (κ2) is 7.31. The van der Waals surface area contributed by atoms with E-state index in [1.807, 2.05) is 48.5 Å². The minimum absolute atomic E-state index is 0.187. The third kappa shape index (κ3) is 3.83. The molecule has 1 aliphatic heterocycles. The molecule has 6 heteroatoms. The van der Waals surface area contributed by atoms with E-state index in [0.29, 0.717) is 5.69 Å². The van der Waals surface area contributed by atoms with Crippen molar-refractivity contribution in [2.24, 2.45) is 0 Å². The number of carbonyl (C=O) groups excluding carboxylic acids is 3. The molecule has 1 N–H and O–H groups in total. The van der Waals surface area contributed by atoms with Crippen molar-refractivity contribution in [3.05, 3.63) is 54.6 Å². The maximum Gasteiger partial charge on any atom is 0.244 e. The molecule has 1 fully saturated rings. The molecule has 5 nitrogen and oxygen atoms in total. The predicted octanol–water partition coefficient (Wildman–Crippen LogP) is 2.93. The number of amides is 3. The smallest absolute Gasteiger partial charge is 0.244 e. The average Bonchev–Trinajstić information content (AvgIpc) is 2.89. The van der Waals surface area contributed by atoms with Gasteiger partial charge in [-0.15, -0.1) is 0 Å². The van der Waals surface area contributed by atoms with Gasteiger partial charge in [0.2, 0.25) is 17.7 Å². The topological polar surface area (TPSA) is 66.5 Å². The Morgan fingerprint density at radius 1 is 0.958 bits per heavy atom. The number of hydrogen-bond acceptors (Lipinski definition) is 4. The number of para-hydroxylation sites is 1. The molecule has 2 aromatic carbocycles. The van der Waals surface area contributed by atoms with Crippen LogP contribution in [0, 0.1) is 0 Å². The van der Waals surface area contributed by atoms with E-state index >= 15 is 0 Å². The molecule has 0 bridgehead atoms. The van der Waals surface area contributed by atoms with E-state index in [2.05, 4.69) is 5.32 Å². The fraction of sp³-hybridized carbons (Fsp3) is 0.167. The zero-order chi connectivity index (χ0) is 16.9. The van der Waals surface area contributed by atoms with Crippen molar-refractivity contribution in [1.29, 1.82) is 0 Å². The zero-order valence-corrected chi connectivity index (χ0v) is 13.7. The van der Waals surface area contributed by atoms with Crippen LogP contribution in [-0.4, -0.2) is 29.2 Å². The van der Waals surface area contributed by atoms with Gasteiger partial charge in [0, 0.05) is 22.6 Å². The summed E-state index contributed by atoms with van der Waals surface area (Å²) in [5.74, 6) is -0.955. The molecule has 0 spiro atoms. The molecule has 1 heterocycles. The van der Waals surface area contributed by atoms with Crippen molar-refractivity contribution in [3.63, 3.8) is 0 Å². The molecule has 3 amide bonds. The summed E-state index contributed by atoms with van der Waals surface area (Å²) >= 11 is 1.54. The van der Waals surface area contributed by atoms with Crippen molar-refractivity contribution in [1.82, 2.24) is 4.90 Å². The van der Waals surface area contributed by atoms with E-state index in [1.165, 1.54) is 11.8 Å².